The van der Waals surface area contributed by atoms with Gasteiger partial charge in [0.05, 0.1) is 12.6 Å². The fraction of sp³-hybridized carbons (Fsp3) is 0.548. The molecule has 0 spiro atoms. The Hall–Kier alpha value is -3.73. The number of halogens is 1. The van der Waals surface area contributed by atoms with Gasteiger partial charge < -0.3 is 29.9 Å². The number of fused-ring (bicyclic) bond motifs is 1. The third-order valence-electron chi connectivity index (χ3n) is 7.83. The highest BCUT2D eigenvalue weighted by Gasteiger charge is 2.32. The van der Waals surface area contributed by atoms with E-state index in [1.54, 1.807) is 19.4 Å². The number of aromatic nitrogens is 3. The summed E-state index contributed by atoms with van der Waals surface area (Å²) in [5, 5.41) is 8.42. The van der Waals surface area contributed by atoms with Gasteiger partial charge in [0.2, 0.25) is 5.95 Å². The van der Waals surface area contributed by atoms with Crippen molar-refractivity contribution in [2.75, 3.05) is 48.4 Å². The van der Waals surface area contributed by atoms with Crippen molar-refractivity contribution in [2.24, 2.45) is 0 Å². The van der Waals surface area contributed by atoms with E-state index in [4.69, 9.17) is 14.5 Å². The zero-order valence-electron chi connectivity index (χ0n) is 25.4. The summed E-state index contributed by atoms with van der Waals surface area (Å²) in [4.78, 5) is 30.2. The minimum Gasteiger partial charge on any atom is -0.444 e. The van der Waals surface area contributed by atoms with E-state index in [0.29, 0.717) is 43.0 Å². The van der Waals surface area contributed by atoms with E-state index in [9.17, 15) is 9.18 Å². The number of rotatable bonds is 8. The van der Waals surface area contributed by atoms with Gasteiger partial charge in [0.15, 0.2) is 0 Å². The van der Waals surface area contributed by atoms with Gasteiger partial charge in [-0.15, -0.1) is 0 Å². The maximum absolute atomic E-state index is 14.5. The summed E-state index contributed by atoms with van der Waals surface area (Å²) in [5.74, 6) is 2.05. The van der Waals surface area contributed by atoms with Crippen molar-refractivity contribution in [2.45, 2.75) is 77.3 Å². The van der Waals surface area contributed by atoms with Gasteiger partial charge >= 0.3 is 6.09 Å². The third-order valence-corrected chi connectivity index (χ3v) is 7.83. The number of ether oxygens (including phenoxy) is 2. The molecule has 2 fully saturated rings. The van der Waals surface area contributed by atoms with Crippen LogP contribution < -0.4 is 20.4 Å². The van der Waals surface area contributed by atoms with E-state index in [1.165, 1.54) is 5.56 Å². The van der Waals surface area contributed by atoms with Crippen molar-refractivity contribution >= 4 is 40.1 Å². The van der Waals surface area contributed by atoms with Crippen molar-refractivity contribution in [1.29, 1.82) is 0 Å². The van der Waals surface area contributed by atoms with Gasteiger partial charge in [-0.05, 0) is 68.7 Å². The molecule has 0 bridgehead atoms. The summed E-state index contributed by atoms with van der Waals surface area (Å²) in [5.41, 5.74) is 1.79. The van der Waals surface area contributed by atoms with E-state index < -0.39 is 24.0 Å². The molecule has 42 heavy (non-hydrogen) atoms. The number of carbonyl (C=O) groups is 1. The maximum Gasteiger partial charge on any atom is 0.407 e. The standard InChI is InChI=1S/C31H42FN7O3/c1-19(2)21-7-8-25(39-14-10-20(39)16-35-30(40)42-31(3,4)5)23-17-34-28(15-22(21)23)36-27-9-12-33-29(37-27)38-13-11-26(41-6)24(32)18-38/h7-9,12,15,17,19-20,24,26H,10-11,13-14,16,18H2,1-6H3,(H,35,40)(H,33,34,36,37)/t20-,24+,26-/m0/s1. The maximum atomic E-state index is 14.5. The van der Waals surface area contributed by atoms with Crippen LogP contribution in [0.1, 0.15) is 58.9 Å². The van der Waals surface area contributed by atoms with Crippen molar-refractivity contribution < 1.29 is 18.7 Å². The third kappa shape index (κ3) is 6.67. The van der Waals surface area contributed by atoms with E-state index >= 15 is 0 Å². The fourth-order valence-electron chi connectivity index (χ4n) is 5.59. The molecule has 3 aromatic rings. The fourth-order valence-corrected chi connectivity index (χ4v) is 5.59. The quantitative estimate of drug-likeness (QED) is 0.355. The molecule has 10 nitrogen and oxygen atoms in total. The topological polar surface area (TPSA) is 105 Å². The number of nitrogens with zero attached hydrogens (tertiary/aromatic N) is 5. The molecule has 3 atom stereocenters. The number of benzene rings is 1. The Morgan fingerprint density at radius 3 is 2.60 bits per heavy atom. The SMILES string of the molecule is CO[C@H]1CCN(c2nccc(Nc3cc4c(C(C)C)ccc(N5CC[C@H]5CNC(=O)OC(C)(C)C)c4cn3)n2)C[C@H]1F. The van der Waals surface area contributed by atoms with Crippen molar-refractivity contribution in [3.8, 4) is 0 Å². The average Bonchev–Trinajstić information content (AvgIpc) is 2.91. The van der Waals surface area contributed by atoms with Crippen LogP contribution in [0.4, 0.5) is 32.5 Å². The first kappa shape index (κ1) is 29.8. The molecule has 0 aliphatic carbocycles. The Bertz CT molecular complexity index is 1410. The van der Waals surface area contributed by atoms with Gasteiger partial charge in [-0.3, -0.25) is 0 Å². The normalized spacial score (nSPS) is 20.9. The number of nitrogens with one attached hydrogen (secondary N) is 2. The summed E-state index contributed by atoms with van der Waals surface area (Å²) in [6.07, 6.45) is 3.27. The van der Waals surface area contributed by atoms with Crippen LogP contribution in [0.25, 0.3) is 10.8 Å². The van der Waals surface area contributed by atoms with E-state index in [0.717, 1.165) is 29.4 Å². The second-order valence-electron chi connectivity index (χ2n) is 12.4. The van der Waals surface area contributed by atoms with Crippen LogP contribution in [0.15, 0.2) is 36.7 Å². The zero-order chi connectivity index (χ0) is 30.0. The predicted molar refractivity (Wildman–Crippen MR) is 164 cm³/mol. The van der Waals surface area contributed by atoms with Gasteiger partial charge in [-0.25, -0.2) is 19.2 Å². The van der Waals surface area contributed by atoms with Crippen LogP contribution in [0, 0.1) is 0 Å². The molecule has 5 rings (SSSR count). The number of hydrogen-bond acceptors (Lipinski definition) is 9. The van der Waals surface area contributed by atoms with Crippen LogP contribution in [0.3, 0.4) is 0 Å². The van der Waals surface area contributed by atoms with Gasteiger partial charge in [-0.2, -0.15) is 4.98 Å². The number of alkyl carbamates (subject to hydrolysis) is 1. The van der Waals surface area contributed by atoms with Crippen LogP contribution >= 0.6 is 0 Å². The number of pyridine rings is 1. The van der Waals surface area contributed by atoms with Crippen LogP contribution in [0.5, 0.6) is 0 Å². The van der Waals surface area contributed by atoms with Crippen molar-refractivity contribution in [3.63, 3.8) is 0 Å². The van der Waals surface area contributed by atoms with Crippen molar-refractivity contribution in [3.05, 3.63) is 42.2 Å². The largest absolute Gasteiger partial charge is 0.444 e. The molecule has 2 aliphatic rings. The molecule has 11 heteroatoms. The number of methoxy groups -OCH3 is 1. The lowest BCUT2D eigenvalue weighted by Gasteiger charge is -2.43. The van der Waals surface area contributed by atoms with Crippen LogP contribution in [0.2, 0.25) is 0 Å². The summed E-state index contributed by atoms with van der Waals surface area (Å²) < 4.78 is 25.1. The molecule has 2 N–H and O–H groups in total. The molecule has 0 saturated carbocycles. The lowest BCUT2D eigenvalue weighted by Crippen LogP contribution is -2.54. The van der Waals surface area contributed by atoms with E-state index in [2.05, 4.69) is 57.5 Å². The summed E-state index contributed by atoms with van der Waals surface area (Å²) >= 11 is 0. The molecule has 2 saturated heterocycles. The van der Waals surface area contributed by atoms with Crippen molar-refractivity contribution in [1.82, 2.24) is 20.3 Å². The number of alkyl halides is 1. The van der Waals surface area contributed by atoms with Gasteiger partial charge in [0.1, 0.15) is 23.4 Å². The zero-order valence-corrected chi connectivity index (χ0v) is 25.4. The Morgan fingerprint density at radius 1 is 1.12 bits per heavy atom. The molecule has 0 radical (unpaired) electrons. The first-order valence-corrected chi connectivity index (χ1v) is 14.7. The number of anilines is 4. The highest BCUT2D eigenvalue weighted by atomic mass is 19.1. The minimum atomic E-state index is -1.09. The molecule has 2 aromatic heterocycles. The first-order chi connectivity index (χ1) is 20.0. The van der Waals surface area contributed by atoms with Gasteiger partial charge in [0, 0.05) is 56.3 Å². The lowest BCUT2D eigenvalue weighted by atomic mass is 9.93. The Morgan fingerprint density at radius 2 is 1.93 bits per heavy atom. The molecular formula is C31H42FN7O3. The minimum absolute atomic E-state index is 0.181. The lowest BCUT2D eigenvalue weighted by molar-refractivity contribution is 0.0194. The second-order valence-corrected chi connectivity index (χ2v) is 12.4. The summed E-state index contributed by atoms with van der Waals surface area (Å²) in [6, 6.07) is 8.37. The Labute approximate surface area is 247 Å². The molecule has 4 heterocycles. The number of piperidine rings is 1. The van der Waals surface area contributed by atoms with Crippen LogP contribution in [-0.4, -0.2) is 78.3 Å². The molecule has 1 aromatic carbocycles. The smallest absolute Gasteiger partial charge is 0.407 e. The molecular weight excluding hydrogens is 537 g/mol. The monoisotopic (exact) mass is 579 g/mol. The molecule has 0 unspecified atom stereocenters. The van der Waals surface area contributed by atoms with Crippen LogP contribution in [-0.2, 0) is 9.47 Å². The summed E-state index contributed by atoms with van der Waals surface area (Å²) in [6.45, 7) is 12.2. The molecule has 226 valence electrons. The highest BCUT2D eigenvalue weighted by Crippen LogP contribution is 2.37. The van der Waals surface area contributed by atoms with Gasteiger partial charge in [0.25, 0.3) is 0 Å². The van der Waals surface area contributed by atoms with E-state index in [1.807, 2.05) is 31.9 Å². The van der Waals surface area contributed by atoms with E-state index in [-0.39, 0.29) is 12.6 Å². The predicted octanol–water partition coefficient (Wildman–Crippen LogP) is 5.56. The Balaban J connectivity index is 1.34. The highest BCUT2D eigenvalue weighted by molar-refractivity contribution is 5.98. The second kappa shape index (κ2) is 12.2. The Kier molecular flexibility index (Phi) is 8.68. The molecule has 2 aliphatic heterocycles. The first-order valence-electron chi connectivity index (χ1n) is 14.7. The van der Waals surface area contributed by atoms with Gasteiger partial charge in [-0.1, -0.05) is 19.9 Å². The average molecular weight is 580 g/mol. The number of carbonyl (C=O) groups excluding carboxylic acids is 1. The molecule has 1 amide bonds. The number of amides is 1. The number of hydrogen-bond donors (Lipinski definition) is 2. The summed E-state index contributed by atoms with van der Waals surface area (Å²) in [7, 11) is 1.55.